The van der Waals surface area contributed by atoms with E-state index in [1.807, 2.05) is 0 Å². The number of hydrogen-bond donors (Lipinski definition) is 2. The van der Waals surface area contributed by atoms with Gasteiger partial charge < -0.3 is 10.4 Å². The number of amides is 1. The van der Waals surface area contributed by atoms with Crippen LogP contribution in [0.4, 0.5) is 13.2 Å². The maximum atomic E-state index is 13.2. The van der Waals surface area contributed by atoms with Gasteiger partial charge in [-0.05, 0) is 36.6 Å². The number of carboxylic acid groups (broad SMARTS) is 1. The van der Waals surface area contributed by atoms with Crippen molar-refractivity contribution in [3.8, 4) is 0 Å². The number of halogens is 4. The summed E-state index contributed by atoms with van der Waals surface area (Å²) in [4.78, 5) is 23.3. The molecular formula is C19H17ClF3NO3. The lowest BCUT2D eigenvalue weighted by atomic mass is 10.00. The third-order valence-electron chi connectivity index (χ3n) is 3.90. The number of benzene rings is 2. The highest BCUT2D eigenvalue weighted by Gasteiger charge is 2.35. The number of aliphatic carboxylic acids is 1. The van der Waals surface area contributed by atoms with Gasteiger partial charge in [-0.3, -0.25) is 9.59 Å². The summed E-state index contributed by atoms with van der Waals surface area (Å²) in [7, 11) is 0. The normalized spacial score (nSPS) is 12.4. The molecule has 144 valence electrons. The molecule has 0 aromatic heterocycles. The Hall–Kier alpha value is -2.54. The van der Waals surface area contributed by atoms with Gasteiger partial charge in [-0.1, -0.05) is 41.9 Å². The zero-order valence-corrected chi connectivity index (χ0v) is 14.8. The van der Waals surface area contributed by atoms with Crippen molar-refractivity contribution in [1.82, 2.24) is 5.32 Å². The predicted molar refractivity (Wildman–Crippen MR) is 94.7 cm³/mol. The Balaban J connectivity index is 2.23. The molecule has 0 bridgehead atoms. The predicted octanol–water partition coefficient (Wildman–Crippen LogP) is 4.56. The molecule has 0 fully saturated rings. The zero-order chi connectivity index (χ0) is 20.0. The van der Waals surface area contributed by atoms with Crippen LogP contribution in [0.3, 0.4) is 0 Å². The number of carboxylic acids is 1. The number of nitrogens with one attached hydrogen (secondary N) is 1. The number of rotatable bonds is 7. The Labute approximate surface area is 159 Å². The molecule has 1 atom stereocenters. The Morgan fingerprint density at radius 2 is 1.78 bits per heavy atom. The van der Waals surface area contributed by atoms with Crippen molar-refractivity contribution in [2.75, 3.05) is 0 Å². The van der Waals surface area contributed by atoms with Gasteiger partial charge in [0.25, 0.3) is 5.91 Å². The van der Waals surface area contributed by atoms with E-state index in [1.54, 1.807) is 30.3 Å². The van der Waals surface area contributed by atoms with Gasteiger partial charge in [0.1, 0.15) is 0 Å². The molecule has 1 unspecified atom stereocenters. The van der Waals surface area contributed by atoms with Crippen LogP contribution in [-0.4, -0.2) is 23.0 Å². The van der Waals surface area contributed by atoms with Crippen LogP contribution in [0.1, 0.15) is 34.3 Å². The van der Waals surface area contributed by atoms with Crippen molar-refractivity contribution in [1.29, 1.82) is 0 Å². The first-order valence-corrected chi connectivity index (χ1v) is 8.48. The summed E-state index contributed by atoms with van der Waals surface area (Å²) in [5.41, 5.74) is -0.857. The van der Waals surface area contributed by atoms with E-state index in [0.717, 1.165) is 11.6 Å². The highest BCUT2D eigenvalue weighted by molar-refractivity contribution is 6.30. The summed E-state index contributed by atoms with van der Waals surface area (Å²) in [6.07, 6.45) is -4.57. The fourth-order valence-electron chi connectivity index (χ4n) is 2.63. The Morgan fingerprint density at radius 1 is 1.11 bits per heavy atom. The summed E-state index contributed by atoms with van der Waals surface area (Å²) in [6.45, 7) is 0. The lowest BCUT2D eigenvalue weighted by Crippen LogP contribution is -2.37. The number of hydrogen-bond acceptors (Lipinski definition) is 2. The van der Waals surface area contributed by atoms with Crippen LogP contribution in [0.2, 0.25) is 5.02 Å². The van der Waals surface area contributed by atoms with Gasteiger partial charge in [-0.15, -0.1) is 0 Å². The van der Waals surface area contributed by atoms with Crippen molar-refractivity contribution in [3.63, 3.8) is 0 Å². The largest absolute Gasteiger partial charge is 0.481 e. The fourth-order valence-corrected chi connectivity index (χ4v) is 2.81. The van der Waals surface area contributed by atoms with Gasteiger partial charge in [0.15, 0.2) is 0 Å². The Kier molecular flexibility index (Phi) is 6.85. The molecule has 0 aliphatic carbocycles. The van der Waals surface area contributed by atoms with Crippen molar-refractivity contribution in [2.45, 2.75) is 31.5 Å². The van der Waals surface area contributed by atoms with E-state index in [0.29, 0.717) is 12.5 Å². The van der Waals surface area contributed by atoms with Gasteiger partial charge in [-0.2, -0.15) is 13.2 Å². The van der Waals surface area contributed by atoms with Gasteiger partial charge in [0.05, 0.1) is 11.1 Å². The minimum atomic E-state index is -4.74. The molecule has 4 nitrogen and oxygen atoms in total. The van der Waals surface area contributed by atoms with E-state index in [9.17, 15) is 22.8 Å². The topological polar surface area (TPSA) is 66.4 Å². The van der Waals surface area contributed by atoms with E-state index in [4.69, 9.17) is 16.7 Å². The summed E-state index contributed by atoms with van der Waals surface area (Å²) >= 11 is 5.63. The second kappa shape index (κ2) is 8.90. The Morgan fingerprint density at radius 3 is 2.37 bits per heavy atom. The number of alkyl halides is 3. The first-order valence-electron chi connectivity index (χ1n) is 8.10. The number of carbonyl (C=O) groups excluding carboxylic acids is 1. The highest BCUT2D eigenvalue weighted by Crippen LogP contribution is 2.33. The average Bonchev–Trinajstić information content (AvgIpc) is 2.59. The molecular weight excluding hydrogens is 383 g/mol. The van der Waals surface area contributed by atoms with Crippen LogP contribution in [0.5, 0.6) is 0 Å². The second-order valence-corrected chi connectivity index (χ2v) is 6.42. The van der Waals surface area contributed by atoms with Crippen molar-refractivity contribution in [2.24, 2.45) is 0 Å². The van der Waals surface area contributed by atoms with Crippen LogP contribution in [-0.2, 0) is 17.4 Å². The molecule has 0 radical (unpaired) electrons. The van der Waals surface area contributed by atoms with Crippen molar-refractivity contribution in [3.05, 3.63) is 70.2 Å². The molecule has 0 aliphatic rings. The third kappa shape index (κ3) is 6.29. The van der Waals surface area contributed by atoms with E-state index < -0.39 is 35.2 Å². The smallest absolute Gasteiger partial charge is 0.417 e. The zero-order valence-electron chi connectivity index (χ0n) is 14.1. The average molecular weight is 400 g/mol. The van der Waals surface area contributed by atoms with Gasteiger partial charge in [0, 0.05) is 17.5 Å². The van der Waals surface area contributed by atoms with Crippen LogP contribution in [0, 0.1) is 0 Å². The van der Waals surface area contributed by atoms with E-state index in [-0.39, 0.29) is 17.9 Å². The maximum absolute atomic E-state index is 13.2. The fraction of sp³-hybridized carbons (Fsp3) is 0.263. The molecule has 1 amide bonds. The summed E-state index contributed by atoms with van der Waals surface area (Å²) in [5, 5.41) is 11.3. The molecule has 0 saturated carbocycles. The molecule has 27 heavy (non-hydrogen) atoms. The summed E-state index contributed by atoms with van der Waals surface area (Å²) in [5.74, 6) is -1.98. The quantitative estimate of drug-likeness (QED) is 0.717. The summed E-state index contributed by atoms with van der Waals surface area (Å²) in [6, 6.07) is 11.2. The Bertz CT molecular complexity index is 810. The highest BCUT2D eigenvalue weighted by atomic mass is 35.5. The number of carbonyl (C=O) groups is 2. The molecule has 8 heteroatoms. The molecule has 2 aromatic rings. The van der Waals surface area contributed by atoms with E-state index in [1.165, 1.54) is 6.07 Å². The van der Waals surface area contributed by atoms with Crippen LogP contribution >= 0.6 is 11.6 Å². The van der Waals surface area contributed by atoms with E-state index in [2.05, 4.69) is 5.32 Å². The first-order chi connectivity index (χ1) is 12.7. The minimum absolute atomic E-state index is 0.0882. The lowest BCUT2D eigenvalue weighted by Gasteiger charge is -2.20. The first kappa shape index (κ1) is 20.8. The van der Waals surface area contributed by atoms with Gasteiger partial charge in [0.2, 0.25) is 0 Å². The molecule has 0 spiro atoms. The molecule has 2 rings (SSSR count). The lowest BCUT2D eigenvalue weighted by molar-refractivity contribution is -0.138. The van der Waals surface area contributed by atoms with Crippen LogP contribution < -0.4 is 5.32 Å². The molecule has 0 heterocycles. The third-order valence-corrected chi connectivity index (χ3v) is 4.13. The van der Waals surface area contributed by atoms with Crippen molar-refractivity contribution >= 4 is 23.5 Å². The summed E-state index contributed by atoms with van der Waals surface area (Å²) < 4.78 is 39.6. The second-order valence-electron chi connectivity index (χ2n) is 5.98. The standard InChI is InChI=1S/C19H17ClF3NO3/c20-13-6-8-15(16(11-13)19(21,22)23)18(27)24-14(7-9-17(25)26)10-12-4-2-1-3-5-12/h1-6,8,11,14H,7,9-10H2,(H,24,27)(H,25,26). The van der Waals surface area contributed by atoms with Crippen LogP contribution in [0.15, 0.2) is 48.5 Å². The maximum Gasteiger partial charge on any atom is 0.417 e. The minimum Gasteiger partial charge on any atom is -0.481 e. The molecule has 0 saturated heterocycles. The monoisotopic (exact) mass is 399 g/mol. The molecule has 0 aliphatic heterocycles. The van der Waals surface area contributed by atoms with E-state index >= 15 is 0 Å². The van der Waals surface area contributed by atoms with Crippen molar-refractivity contribution < 1.29 is 27.9 Å². The molecule has 2 aromatic carbocycles. The van der Waals surface area contributed by atoms with Gasteiger partial charge >= 0.3 is 12.1 Å². The SMILES string of the molecule is O=C(O)CCC(Cc1ccccc1)NC(=O)c1ccc(Cl)cc1C(F)(F)F. The van der Waals surface area contributed by atoms with Crippen LogP contribution in [0.25, 0.3) is 0 Å². The molecule has 2 N–H and O–H groups in total. The van der Waals surface area contributed by atoms with Gasteiger partial charge in [-0.25, -0.2) is 0 Å².